The molecule has 1 N–H and O–H groups in total. The average Bonchev–Trinajstić information content (AvgIpc) is 2.22. The van der Waals surface area contributed by atoms with Gasteiger partial charge in [-0.3, -0.25) is 10.1 Å². The summed E-state index contributed by atoms with van der Waals surface area (Å²) in [5.41, 5.74) is -0.778. The minimum Gasteiger partial charge on any atom is -0.374 e. The lowest BCUT2D eigenvalue weighted by Gasteiger charge is -2.32. The first-order chi connectivity index (χ1) is 8.50. The maximum Gasteiger partial charge on any atom is 0.295 e. The van der Waals surface area contributed by atoms with Crippen LogP contribution in [0.1, 0.15) is 26.2 Å². The van der Waals surface area contributed by atoms with Crippen molar-refractivity contribution in [3.8, 4) is 0 Å². The number of hydrogen-bond acceptors (Lipinski definition) is 3. The minimum atomic E-state index is -1.18. The Morgan fingerprint density at radius 1 is 1.44 bits per heavy atom. The van der Waals surface area contributed by atoms with Gasteiger partial charge >= 0.3 is 0 Å². The van der Waals surface area contributed by atoms with Crippen molar-refractivity contribution in [3.63, 3.8) is 0 Å². The molecule has 0 amide bonds. The third kappa shape index (κ3) is 2.27. The largest absolute Gasteiger partial charge is 0.374 e. The fraction of sp³-hybridized carbons (Fsp3) is 0.500. The Morgan fingerprint density at radius 2 is 2.11 bits per heavy atom. The van der Waals surface area contributed by atoms with Crippen LogP contribution in [-0.4, -0.2) is 11.0 Å². The number of nitro benzene ring substituents is 1. The van der Waals surface area contributed by atoms with E-state index in [0.717, 1.165) is 31.4 Å². The lowest BCUT2D eigenvalue weighted by molar-refractivity contribution is -0.384. The zero-order chi connectivity index (χ0) is 13.3. The summed E-state index contributed by atoms with van der Waals surface area (Å²) in [5, 5.41) is 13.5. The molecule has 1 aliphatic carbocycles. The van der Waals surface area contributed by atoms with Gasteiger partial charge in [0.15, 0.2) is 17.3 Å². The van der Waals surface area contributed by atoms with Crippen molar-refractivity contribution in [1.82, 2.24) is 0 Å². The Bertz CT molecular complexity index is 475. The smallest absolute Gasteiger partial charge is 0.295 e. The molecule has 0 aromatic heterocycles. The zero-order valence-electron chi connectivity index (χ0n) is 9.95. The number of halogens is 2. The van der Waals surface area contributed by atoms with Gasteiger partial charge in [0.25, 0.3) is 5.69 Å². The van der Waals surface area contributed by atoms with Crippen molar-refractivity contribution < 1.29 is 13.7 Å². The predicted octanol–water partition coefficient (Wildman–Crippen LogP) is 3.47. The van der Waals surface area contributed by atoms with Crippen LogP contribution in [0.25, 0.3) is 0 Å². The standard InChI is InChI=1S/C12H14F2N2O2/c1-7(8-3-2-4-8)15-12-10(16(17)18)6-5-9(13)11(12)14/h5-8,15H,2-4H2,1H3. The molecule has 0 radical (unpaired) electrons. The molecule has 0 saturated heterocycles. The lowest BCUT2D eigenvalue weighted by atomic mass is 9.80. The SMILES string of the molecule is CC(Nc1c([N+](=O)[O-])ccc(F)c1F)C1CCC1. The Kier molecular flexibility index (Phi) is 3.45. The third-order valence-electron chi connectivity index (χ3n) is 3.50. The molecule has 0 bridgehead atoms. The highest BCUT2D eigenvalue weighted by Crippen LogP contribution is 2.34. The van der Waals surface area contributed by atoms with Crippen LogP contribution in [0.3, 0.4) is 0 Å². The molecule has 1 aliphatic rings. The van der Waals surface area contributed by atoms with Crippen LogP contribution in [0.15, 0.2) is 12.1 Å². The van der Waals surface area contributed by atoms with E-state index in [-0.39, 0.29) is 11.7 Å². The van der Waals surface area contributed by atoms with Crippen molar-refractivity contribution in [2.75, 3.05) is 5.32 Å². The molecule has 1 aromatic rings. The Balaban J connectivity index is 2.28. The molecule has 0 heterocycles. The highest BCUT2D eigenvalue weighted by Gasteiger charge is 2.28. The van der Waals surface area contributed by atoms with E-state index in [0.29, 0.717) is 5.92 Å². The summed E-state index contributed by atoms with van der Waals surface area (Å²) >= 11 is 0. The summed E-state index contributed by atoms with van der Waals surface area (Å²) in [6, 6.07) is 1.65. The Labute approximate surface area is 103 Å². The van der Waals surface area contributed by atoms with E-state index in [1.165, 1.54) is 0 Å². The number of nitro groups is 1. The van der Waals surface area contributed by atoms with Gasteiger partial charge in [-0.15, -0.1) is 0 Å². The van der Waals surface area contributed by atoms with E-state index in [2.05, 4.69) is 5.32 Å². The lowest BCUT2D eigenvalue weighted by Crippen LogP contribution is -2.31. The van der Waals surface area contributed by atoms with Crippen molar-refractivity contribution in [2.24, 2.45) is 5.92 Å². The maximum atomic E-state index is 13.6. The van der Waals surface area contributed by atoms with Gasteiger partial charge in [0.1, 0.15) is 0 Å². The van der Waals surface area contributed by atoms with Crippen LogP contribution in [0, 0.1) is 27.7 Å². The quantitative estimate of drug-likeness (QED) is 0.662. The molecular formula is C12H14F2N2O2. The van der Waals surface area contributed by atoms with Crippen LogP contribution in [0.4, 0.5) is 20.2 Å². The van der Waals surface area contributed by atoms with Gasteiger partial charge in [0, 0.05) is 12.1 Å². The first-order valence-corrected chi connectivity index (χ1v) is 5.89. The van der Waals surface area contributed by atoms with Gasteiger partial charge in [-0.05, 0) is 31.7 Å². The van der Waals surface area contributed by atoms with Gasteiger partial charge in [0.05, 0.1) is 4.92 Å². The van der Waals surface area contributed by atoms with Crippen molar-refractivity contribution >= 4 is 11.4 Å². The van der Waals surface area contributed by atoms with E-state index >= 15 is 0 Å². The van der Waals surface area contributed by atoms with Gasteiger partial charge in [0.2, 0.25) is 0 Å². The van der Waals surface area contributed by atoms with Crippen LogP contribution >= 0.6 is 0 Å². The molecule has 18 heavy (non-hydrogen) atoms. The summed E-state index contributed by atoms with van der Waals surface area (Å²) in [6.45, 7) is 1.83. The number of benzene rings is 1. The second-order valence-electron chi connectivity index (χ2n) is 4.64. The van der Waals surface area contributed by atoms with Crippen LogP contribution in [0.2, 0.25) is 0 Å². The first-order valence-electron chi connectivity index (χ1n) is 5.89. The van der Waals surface area contributed by atoms with E-state index < -0.39 is 22.2 Å². The highest BCUT2D eigenvalue weighted by atomic mass is 19.2. The van der Waals surface area contributed by atoms with E-state index in [1.54, 1.807) is 0 Å². The summed E-state index contributed by atoms with van der Waals surface area (Å²) < 4.78 is 26.8. The van der Waals surface area contributed by atoms with E-state index in [4.69, 9.17) is 0 Å². The number of nitrogens with zero attached hydrogens (tertiary/aromatic N) is 1. The zero-order valence-corrected chi connectivity index (χ0v) is 9.95. The highest BCUT2D eigenvalue weighted by molar-refractivity contribution is 5.63. The Morgan fingerprint density at radius 3 is 2.61 bits per heavy atom. The first kappa shape index (κ1) is 12.7. The van der Waals surface area contributed by atoms with Gasteiger partial charge in [-0.1, -0.05) is 6.42 Å². The van der Waals surface area contributed by atoms with Crippen molar-refractivity contribution in [3.05, 3.63) is 33.9 Å². The Hall–Kier alpha value is -1.72. The van der Waals surface area contributed by atoms with Crippen molar-refractivity contribution in [1.29, 1.82) is 0 Å². The molecule has 0 spiro atoms. The minimum absolute atomic E-state index is 0.103. The maximum absolute atomic E-state index is 13.6. The second-order valence-corrected chi connectivity index (χ2v) is 4.64. The monoisotopic (exact) mass is 256 g/mol. The van der Waals surface area contributed by atoms with Gasteiger partial charge < -0.3 is 5.32 Å². The molecule has 1 aromatic carbocycles. The summed E-state index contributed by atoms with van der Waals surface area (Å²) in [4.78, 5) is 10.1. The molecule has 98 valence electrons. The predicted molar refractivity (Wildman–Crippen MR) is 63.4 cm³/mol. The molecule has 1 unspecified atom stereocenters. The average molecular weight is 256 g/mol. The number of rotatable bonds is 4. The topological polar surface area (TPSA) is 55.2 Å². The number of hydrogen-bond donors (Lipinski definition) is 1. The second kappa shape index (κ2) is 4.88. The molecule has 0 aliphatic heterocycles. The van der Waals surface area contributed by atoms with Crippen LogP contribution in [0.5, 0.6) is 0 Å². The van der Waals surface area contributed by atoms with Crippen LogP contribution in [-0.2, 0) is 0 Å². The molecule has 1 saturated carbocycles. The summed E-state index contributed by atoms with van der Waals surface area (Å²) in [5.74, 6) is -1.90. The van der Waals surface area contributed by atoms with E-state index in [9.17, 15) is 18.9 Å². The molecular weight excluding hydrogens is 242 g/mol. The molecule has 4 nitrogen and oxygen atoms in total. The molecule has 2 rings (SSSR count). The van der Waals surface area contributed by atoms with Crippen molar-refractivity contribution in [2.45, 2.75) is 32.2 Å². The molecule has 1 atom stereocenters. The van der Waals surface area contributed by atoms with Gasteiger partial charge in [-0.2, -0.15) is 0 Å². The molecule has 1 fully saturated rings. The number of nitrogens with one attached hydrogen (secondary N) is 1. The normalized spacial score (nSPS) is 17.1. The van der Waals surface area contributed by atoms with E-state index in [1.807, 2.05) is 6.92 Å². The third-order valence-corrected chi connectivity index (χ3v) is 3.50. The summed E-state index contributed by atoms with van der Waals surface area (Å²) in [6.07, 6.45) is 3.14. The number of anilines is 1. The summed E-state index contributed by atoms with van der Waals surface area (Å²) in [7, 11) is 0. The van der Waals surface area contributed by atoms with Gasteiger partial charge in [-0.25, -0.2) is 8.78 Å². The fourth-order valence-electron chi connectivity index (χ4n) is 2.12. The molecule has 6 heteroatoms. The van der Waals surface area contributed by atoms with Crippen LogP contribution < -0.4 is 5.32 Å². The fourth-order valence-corrected chi connectivity index (χ4v) is 2.12.